The van der Waals surface area contributed by atoms with Crippen molar-refractivity contribution in [2.75, 3.05) is 18.6 Å². The predicted molar refractivity (Wildman–Crippen MR) is 77.3 cm³/mol. The summed E-state index contributed by atoms with van der Waals surface area (Å²) in [5.74, 6) is -0.925. The molecule has 7 heteroatoms. The third-order valence-electron chi connectivity index (χ3n) is 3.52. The van der Waals surface area contributed by atoms with Gasteiger partial charge in [-0.05, 0) is 42.5 Å². The fourth-order valence-electron chi connectivity index (χ4n) is 2.21. The van der Waals surface area contributed by atoms with E-state index in [-0.39, 0.29) is 11.3 Å². The lowest BCUT2D eigenvalue weighted by atomic mass is 9.92. The number of carbonyl (C=O) groups is 2. The van der Waals surface area contributed by atoms with Gasteiger partial charge in [0.15, 0.2) is 11.6 Å². The van der Waals surface area contributed by atoms with Crippen LogP contribution < -0.4 is 10.1 Å². The van der Waals surface area contributed by atoms with Gasteiger partial charge in [-0.15, -0.1) is 0 Å². The molecular weight excluding hydrogens is 297 g/mol. The molecule has 0 atom stereocenters. The maximum Gasteiger partial charge on any atom is 0.329 e. The number of halogens is 1. The van der Waals surface area contributed by atoms with Crippen LogP contribution in [0, 0.1) is 5.82 Å². The molecule has 1 aromatic carbocycles. The van der Waals surface area contributed by atoms with Gasteiger partial charge in [0.25, 0.3) is 5.91 Å². The number of rotatable bonds is 4. The van der Waals surface area contributed by atoms with E-state index in [0.717, 1.165) is 6.07 Å². The summed E-state index contributed by atoms with van der Waals surface area (Å²) in [5, 5.41) is 12.0. The molecule has 0 radical (unpaired) electrons. The van der Waals surface area contributed by atoms with Crippen molar-refractivity contribution in [3.8, 4) is 5.75 Å². The highest BCUT2D eigenvalue weighted by atomic mass is 32.2. The minimum Gasteiger partial charge on any atom is -0.494 e. The number of thioether (sulfide) groups is 1. The lowest BCUT2D eigenvalue weighted by Gasteiger charge is -2.33. The zero-order valence-electron chi connectivity index (χ0n) is 11.5. The molecule has 1 fully saturated rings. The summed E-state index contributed by atoms with van der Waals surface area (Å²) < 4.78 is 18.4. The molecular formula is C14H16FNO4S. The minimum atomic E-state index is -1.27. The van der Waals surface area contributed by atoms with Gasteiger partial charge < -0.3 is 15.2 Å². The quantitative estimate of drug-likeness (QED) is 0.888. The van der Waals surface area contributed by atoms with E-state index < -0.39 is 23.2 Å². The van der Waals surface area contributed by atoms with E-state index in [0.29, 0.717) is 24.3 Å². The van der Waals surface area contributed by atoms with E-state index in [2.05, 4.69) is 5.32 Å². The topological polar surface area (TPSA) is 75.6 Å². The highest BCUT2D eigenvalue weighted by molar-refractivity contribution is 7.99. The number of amides is 1. The third-order valence-corrected chi connectivity index (χ3v) is 4.51. The molecule has 0 bridgehead atoms. The number of benzene rings is 1. The number of hydrogen-bond acceptors (Lipinski definition) is 4. The van der Waals surface area contributed by atoms with Gasteiger partial charge in [0, 0.05) is 5.56 Å². The molecule has 21 heavy (non-hydrogen) atoms. The highest BCUT2D eigenvalue weighted by Crippen LogP contribution is 2.28. The molecule has 1 aliphatic heterocycles. The molecule has 114 valence electrons. The van der Waals surface area contributed by atoms with Gasteiger partial charge in [0.1, 0.15) is 5.54 Å². The second kappa shape index (κ2) is 6.34. The van der Waals surface area contributed by atoms with Crippen molar-refractivity contribution in [3.63, 3.8) is 0 Å². The first-order valence-electron chi connectivity index (χ1n) is 6.46. The van der Waals surface area contributed by atoms with Crippen LogP contribution in [0.3, 0.4) is 0 Å². The molecule has 2 rings (SSSR count). The summed E-state index contributed by atoms with van der Waals surface area (Å²) in [5.41, 5.74) is -1.19. The Hall–Kier alpha value is -1.76. The smallest absolute Gasteiger partial charge is 0.329 e. The van der Waals surface area contributed by atoms with E-state index in [1.54, 1.807) is 11.8 Å². The molecule has 5 nitrogen and oxygen atoms in total. The van der Waals surface area contributed by atoms with Gasteiger partial charge in [-0.2, -0.15) is 11.8 Å². The van der Waals surface area contributed by atoms with Gasteiger partial charge in [0.2, 0.25) is 0 Å². The van der Waals surface area contributed by atoms with Crippen LogP contribution in [-0.2, 0) is 4.79 Å². The standard InChI is InChI=1S/C14H16FNO4S/c1-20-11-3-2-9(8-10(11)15)12(17)16-14(13(18)19)4-6-21-7-5-14/h2-3,8H,4-7H2,1H3,(H,16,17)(H,18,19). The molecule has 0 aromatic heterocycles. The van der Waals surface area contributed by atoms with Crippen molar-refractivity contribution >= 4 is 23.6 Å². The summed E-state index contributed by atoms with van der Waals surface area (Å²) in [6.07, 6.45) is 0.717. The summed E-state index contributed by atoms with van der Waals surface area (Å²) >= 11 is 1.65. The van der Waals surface area contributed by atoms with Crippen LogP contribution >= 0.6 is 11.8 Å². The zero-order valence-corrected chi connectivity index (χ0v) is 12.3. The molecule has 1 aromatic rings. The van der Waals surface area contributed by atoms with Crippen LogP contribution in [0.2, 0.25) is 0 Å². The van der Waals surface area contributed by atoms with Crippen molar-refractivity contribution in [1.29, 1.82) is 0 Å². The first-order valence-corrected chi connectivity index (χ1v) is 7.61. The molecule has 0 aliphatic carbocycles. The van der Waals surface area contributed by atoms with E-state index in [4.69, 9.17) is 4.74 Å². The van der Waals surface area contributed by atoms with Crippen LogP contribution in [0.4, 0.5) is 4.39 Å². The minimum absolute atomic E-state index is 0.0357. The van der Waals surface area contributed by atoms with Gasteiger partial charge in [-0.1, -0.05) is 0 Å². The van der Waals surface area contributed by atoms with Crippen LogP contribution in [0.15, 0.2) is 18.2 Å². The van der Waals surface area contributed by atoms with Crippen LogP contribution in [0.1, 0.15) is 23.2 Å². The molecule has 0 unspecified atom stereocenters. The number of carboxylic acids is 1. The van der Waals surface area contributed by atoms with Gasteiger partial charge in [-0.3, -0.25) is 4.79 Å². The first kappa shape index (κ1) is 15.6. The summed E-state index contributed by atoms with van der Waals surface area (Å²) in [7, 11) is 1.33. The SMILES string of the molecule is COc1ccc(C(=O)NC2(C(=O)O)CCSCC2)cc1F. The van der Waals surface area contributed by atoms with Crippen molar-refractivity contribution in [3.05, 3.63) is 29.6 Å². The number of nitrogens with one attached hydrogen (secondary N) is 1. The lowest BCUT2D eigenvalue weighted by Crippen LogP contribution is -2.56. The Morgan fingerprint density at radius 1 is 1.38 bits per heavy atom. The summed E-state index contributed by atoms with van der Waals surface area (Å²) in [6.45, 7) is 0. The summed E-state index contributed by atoms with van der Waals surface area (Å²) in [4.78, 5) is 23.7. The number of carboxylic acid groups (broad SMARTS) is 1. The molecule has 0 saturated carbocycles. The van der Waals surface area contributed by atoms with E-state index in [1.165, 1.54) is 19.2 Å². The van der Waals surface area contributed by atoms with Crippen LogP contribution in [0.5, 0.6) is 5.75 Å². The van der Waals surface area contributed by atoms with E-state index in [9.17, 15) is 19.1 Å². The average molecular weight is 313 g/mol. The van der Waals surface area contributed by atoms with E-state index in [1.807, 2.05) is 0 Å². The Morgan fingerprint density at radius 2 is 2.05 bits per heavy atom. The number of aliphatic carboxylic acids is 1. The molecule has 2 N–H and O–H groups in total. The Balaban J connectivity index is 2.19. The number of ether oxygens (including phenoxy) is 1. The predicted octanol–water partition coefficient (Wildman–Crippen LogP) is 1.91. The molecule has 1 aliphatic rings. The molecule has 1 saturated heterocycles. The maximum absolute atomic E-state index is 13.6. The van der Waals surface area contributed by atoms with Crippen molar-refractivity contribution < 1.29 is 23.8 Å². The lowest BCUT2D eigenvalue weighted by molar-refractivity contribution is -0.144. The summed E-state index contributed by atoms with van der Waals surface area (Å²) in [6, 6.07) is 3.79. The Kier molecular flexibility index (Phi) is 4.72. The van der Waals surface area contributed by atoms with E-state index >= 15 is 0 Å². The number of carbonyl (C=O) groups excluding carboxylic acids is 1. The zero-order chi connectivity index (χ0) is 15.5. The second-order valence-corrected chi connectivity index (χ2v) is 6.03. The van der Waals surface area contributed by atoms with Gasteiger partial charge in [-0.25, -0.2) is 9.18 Å². The van der Waals surface area contributed by atoms with Gasteiger partial charge >= 0.3 is 5.97 Å². The van der Waals surface area contributed by atoms with Gasteiger partial charge in [0.05, 0.1) is 7.11 Å². The fraction of sp³-hybridized carbons (Fsp3) is 0.429. The number of hydrogen-bond donors (Lipinski definition) is 2. The normalized spacial score (nSPS) is 17.0. The van der Waals surface area contributed by atoms with Crippen molar-refractivity contribution in [1.82, 2.24) is 5.32 Å². The Bertz CT molecular complexity index is 558. The molecule has 0 spiro atoms. The monoisotopic (exact) mass is 313 g/mol. The van der Waals surface area contributed by atoms with Crippen molar-refractivity contribution in [2.24, 2.45) is 0 Å². The van der Waals surface area contributed by atoms with Crippen molar-refractivity contribution in [2.45, 2.75) is 18.4 Å². The average Bonchev–Trinajstić information content (AvgIpc) is 2.47. The third kappa shape index (κ3) is 3.29. The highest BCUT2D eigenvalue weighted by Gasteiger charge is 2.41. The number of methoxy groups -OCH3 is 1. The van der Waals surface area contributed by atoms with Crippen LogP contribution in [0.25, 0.3) is 0 Å². The Labute approximate surface area is 125 Å². The maximum atomic E-state index is 13.6. The Morgan fingerprint density at radius 3 is 2.57 bits per heavy atom. The van der Waals surface area contributed by atoms with Crippen LogP contribution in [-0.4, -0.2) is 41.1 Å². The first-order chi connectivity index (χ1) is 9.98. The second-order valence-electron chi connectivity index (χ2n) is 4.80. The largest absolute Gasteiger partial charge is 0.494 e. The fourth-order valence-corrected chi connectivity index (χ4v) is 3.40. The molecule has 1 amide bonds. The molecule has 1 heterocycles.